The van der Waals surface area contributed by atoms with E-state index in [9.17, 15) is 13.2 Å². The standard InChI is InChI=1S/C15H25F3N4O/c1-19-14(20-5-6-21(2)9-15(16,17)18)22-7-10-11(8-22)13-4-3-12(10)23-13/h10-13H,3-9H2,1-2H3,(H,19,20). The summed E-state index contributed by atoms with van der Waals surface area (Å²) in [5.74, 6) is 1.96. The maximum absolute atomic E-state index is 12.3. The van der Waals surface area contributed by atoms with Gasteiger partial charge in [-0.05, 0) is 19.9 Å². The summed E-state index contributed by atoms with van der Waals surface area (Å²) < 4.78 is 42.9. The zero-order chi connectivity index (χ0) is 16.6. The molecule has 3 saturated heterocycles. The number of fused-ring (bicyclic) bond motifs is 5. The van der Waals surface area contributed by atoms with Crippen molar-refractivity contribution in [3.05, 3.63) is 0 Å². The van der Waals surface area contributed by atoms with Gasteiger partial charge < -0.3 is 15.0 Å². The number of guanidine groups is 1. The fourth-order valence-electron chi connectivity index (χ4n) is 4.21. The average molecular weight is 334 g/mol. The zero-order valence-electron chi connectivity index (χ0n) is 13.6. The van der Waals surface area contributed by atoms with Crippen molar-refractivity contribution in [2.75, 3.05) is 46.8 Å². The second-order valence-electron chi connectivity index (χ2n) is 6.85. The van der Waals surface area contributed by atoms with E-state index in [1.807, 2.05) is 0 Å². The van der Waals surface area contributed by atoms with E-state index in [0.717, 1.165) is 31.9 Å². The Balaban J connectivity index is 1.44. The van der Waals surface area contributed by atoms with Crippen LogP contribution in [-0.2, 0) is 4.74 Å². The van der Waals surface area contributed by atoms with E-state index in [1.165, 1.54) is 11.9 Å². The van der Waals surface area contributed by atoms with Gasteiger partial charge in [-0.15, -0.1) is 0 Å². The molecule has 0 aromatic carbocycles. The van der Waals surface area contributed by atoms with Crippen LogP contribution in [0.2, 0.25) is 0 Å². The SMILES string of the molecule is CN=C(NCCN(C)CC(F)(F)F)N1CC2C3CCC(O3)C2C1. The third-order valence-corrected chi connectivity index (χ3v) is 5.19. The van der Waals surface area contributed by atoms with E-state index in [-0.39, 0.29) is 0 Å². The van der Waals surface area contributed by atoms with Gasteiger partial charge in [0.1, 0.15) is 0 Å². The highest BCUT2D eigenvalue weighted by molar-refractivity contribution is 5.80. The van der Waals surface area contributed by atoms with E-state index in [4.69, 9.17) is 4.74 Å². The topological polar surface area (TPSA) is 40.1 Å². The molecule has 1 N–H and O–H groups in total. The van der Waals surface area contributed by atoms with Crippen LogP contribution < -0.4 is 5.32 Å². The predicted molar refractivity (Wildman–Crippen MR) is 81.4 cm³/mol. The number of likely N-dealkylation sites (N-methyl/N-ethyl adjacent to an activating group) is 1. The monoisotopic (exact) mass is 334 g/mol. The predicted octanol–water partition coefficient (Wildman–Crippen LogP) is 1.17. The molecule has 0 radical (unpaired) electrons. The van der Waals surface area contributed by atoms with Crippen molar-refractivity contribution >= 4 is 5.96 Å². The molecule has 4 atom stereocenters. The van der Waals surface area contributed by atoms with Crippen molar-refractivity contribution in [1.82, 2.24) is 15.1 Å². The summed E-state index contributed by atoms with van der Waals surface area (Å²) in [6.45, 7) is 1.76. The van der Waals surface area contributed by atoms with E-state index in [0.29, 0.717) is 37.1 Å². The second kappa shape index (κ2) is 6.47. The number of hydrogen-bond acceptors (Lipinski definition) is 3. The smallest absolute Gasteiger partial charge is 0.374 e. The average Bonchev–Trinajstić information content (AvgIpc) is 3.13. The van der Waals surface area contributed by atoms with Gasteiger partial charge in [0, 0.05) is 45.1 Å². The van der Waals surface area contributed by atoms with Crippen molar-refractivity contribution < 1.29 is 17.9 Å². The van der Waals surface area contributed by atoms with Gasteiger partial charge in [-0.1, -0.05) is 0 Å². The van der Waals surface area contributed by atoms with Gasteiger partial charge in [0.25, 0.3) is 0 Å². The fraction of sp³-hybridized carbons (Fsp3) is 0.933. The Bertz CT molecular complexity index is 438. The number of nitrogens with zero attached hydrogens (tertiary/aromatic N) is 3. The van der Waals surface area contributed by atoms with Crippen LogP contribution in [-0.4, -0.2) is 81.0 Å². The van der Waals surface area contributed by atoms with Crippen molar-refractivity contribution in [3.63, 3.8) is 0 Å². The molecule has 3 fully saturated rings. The summed E-state index contributed by atoms with van der Waals surface area (Å²) in [4.78, 5) is 7.79. The van der Waals surface area contributed by atoms with Gasteiger partial charge in [0.2, 0.25) is 0 Å². The Morgan fingerprint density at radius 3 is 2.39 bits per heavy atom. The molecular weight excluding hydrogens is 309 g/mol. The molecule has 0 aromatic rings. The summed E-state index contributed by atoms with van der Waals surface area (Å²) in [6.07, 6.45) is -1.04. The van der Waals surface area contributed by atoms with Gasteiger partial charge in [0.05, 0.1) is 18.8 Å². The van der Waals surface area contributed by atoms with Crippen LogP contribution in [0.25, 0.3) is 0 Å². The Hall–Kier alpha value is -1.02. The molecule has 0 saturated carbocycles. The summed E-state index contributed by atoms with van der Waals surface area (Å²) in [7, 11) is 3.20. The van der Waals surface area contributed by atoms with Gasteiger partial charge in [-0.3, -0.25) is 9.89 Å². The minimum atomic E-state index is -4.15. The van der Waals surface area contributed by atoms with Crippen LogP contribution >= 0.6 is 0 Å². The molecule has 4 unspecified atom stereocenters. The molecule has 5 nitrogen and oxygen atoms in total. The highest BCUT2D eigenvalue weighted by Crippen LogP contribution is 2.47. The van der Waals surface area contributed by atoms with E-state index in [2.05, 4.69) is 15.2 Å². The third kappa shape index (κ3) is 3.74. The van der Waals surface area contributed by atoms with Crippen LogP contribution in [0, 0.1) is 11.8 Å². The highest BCUT2D eigenvalue weighted by Gasteiger charge is 2.53. The minimum Gasteiger partial charge on any atom is -0.374 e. The first kappa shape index (κ1) is 16.8. The summed E-state index contributed by atoms with van der Waals surface area (Å²) >= 11 is 0. The lowest BCUT2D eigenvalue weighted by atomic mass is 9.82. The second-order valence-corrected chi connectivity index (χ2v) is 6.85. The number of ether oxygens (including phenoxy) is 1. The Kier molecular flexibility index (Phi) is 4.73. The van der Waals surface area contributed by atoms with Crippen LogP contribution in [0.15, 0.2) is 4.99 Å². The molecule has 2 bridgehead atoms. The van der Waals surface area contributed by atoms with Gasteiger partial charge in [-0.2, -0.15) is 13.2 Å². The first-order valence-corrected chi connectivity index (χ1v) is 8.24. The largest absolute Gasteiger partial charge is 0.401 e. The molecule has 0 spiro atoms. The fourth-order valence-corrected chi connectivity index (χ4v) is 4.21. The molecular formula is C15H25F3N4O. The van der Waals surface area contributed by atoms with Crippen molar-refractivity contribution in [2.45, 2.75) is 31.2 Å². The van der Waals surface area contributed by atoms with E-state index < -0.39 is 12.7 Å². The number of alkyl halides is 3. The van der Waals surface area contributed by atoms with Crippen molar-refractivity contribution in [3.8, 4) is 0 Å². The summed E-state index contributed by atoms with van der Waals surface area (Å²) in [5.41, 5.74) is 0. The minimum absolute atomic E-state index is 0.327. The summed E-state index contributed by atoms with van der Waals surface area (Å²) in [5, 5.41) is 3.19. The first-order valence-electron chi connectivity index (χ1n) is 8.24. The number of rotatable bonds is 4. The van der Waals surface area contributed by atoms with Crippen LogP contribution in [0.3, 0.4) is 0 Å². The molecule has 3 aliphatic heterocycles. The van der Waals surface area contributed by atoms with Crippen molar-refractivity contribution in [1.29, 1.82) is 0 Å². The quantitative estimate of drug-likeness (QED) is 0.619. The third-order valence-electron chi connectivity index (χ3n) is 5.19. The Labute approximate surface area is 134 Å². The number of hydrogen-bond donors (Lipinski definition) is 1. The van der Waals surface area contributed by atoms with Crippen LogP contribution in [0.5, 0.6) is 0 Å². The number of likely N-dealkylation sites (tertiary alicyclic amines) is 1. The maximum Gasteiger partial charge on any atom is 0.401 e. The maximum atomic E-state index is 12.3. The van der Waals surface area contributed by atoms with Crippen molar-refractivity contribution in [2.24, 2.45) is 16.8 Å². The molecule has 23 heavy (non-hydrogen) atoms. The number of aliphatic imine (C=N–C) groups is 1. The lowest BCUT2D eigenvalue weighted by molar-refractivity contribution is -0.142. The Morgan fingerprint density at radius 1 is 1.26 bits per heavy atom. The lowest BCUT2D eigenvalue weighted by Crippen LogP contribution is -2.44. The first-order chi connectivity index (χ1) is 10.9. The van der Waals surface area contributed by atoms with Crippen LogP contribution in [0.4, 0.5) is 13.2 Å². The normalized spacial score (nSPS) is 33.7. The molecule has 0 amide bonds. The number of nitrogens with one attached hydrogen (secondary N) is 1. The Morgan fingerprint density at radius 2 is 1.87 bits per heavy atom. The van der Waals surface area contributed by atoms with Gasteiger partial charge in [0.15, 0.2) is 5.96 Å². The lowest BCUT2D eigenvalue weighted by Gasteiger charge is -2.25. The molecule has 132 valence electrons. The van der Waals surface area contributed by atoms with Gasteiger partial charge >= 0.3 is 6.18 Å². The molecule has 0 aromatic heterocycles. The molecule has 0 aliphatic carbocycles. The molecule has 3 rings (SSSR count). The molecule has 3 heterocycles. The highest BCUT2D eigenvalue weighted by atomic mass is 19.4. The number of halogens is 3. The molecule has 3 aliphatic rings. The molecule has 8 heteroatoms. The van der Waals surface area contributed by atoms with Gasteiger partial charge in [-0.25, -0.2) is 0 Å². The zero-order valence-corrected chi connectivity index (χ0v) is 13.6. The van der Waals surface area contributed by atoms with Crippen LogP contribution in [0.1, 0.15) is 12.8 Å². The van der Waals surface area contributed by atoms with E-state index >= 15 is 0 Å². The van der Waals surface area contributed by atoms with E-state index in [1.54, 1.807) is 7.05 Å². The summed E-state index contributed by atoms with van der Waals surface area (Å²) in [6, 6.07) is 0.